The van der Waals surface area contributed by atoms with E-state index in [0.717, 1.165) is 21.3 Å². The van der Waals surface area contributed by atoms with E-state index >= 15 is 0 Å². The first-order valence-corrected chi connectivity index (χ1v) is 5.42. The van der Waals surface area contributed by atoms with Crippen molar-refractivity contribution in [3.8, 4) is 10.7 Å². The molecular formula is C10H11N3OS. The highest BCUT2D eigenvalue weighted by Gasteiger charge is 2.13. The van der Waals surface area contributed by atoms with E-state index in [4.69, 9.17) is 0 Å². The van der Waals surface area contributed by atoms with Gasteiger partial charge in [-0.2, -0.15) is 0 Å². The Labute approximate surface area is 91.7 Å². The Balaban J connectivity index is 2.43. The molecule has 0 aliphatic carbocycles. The van der Waals surface area contributed by atoms with E-state index < -0.39 is 6.10 Å². The Morgan fingerprint density at radius 1 is 1.47 bits per heavy atom. The van der Waals surface area contributed by atoms with E-state index in [1.165, 1.54) is 17.7 Å². The van der Waals surface area contributed by atoms with Gasteiger partial charge < -0.3 is 5.11 Å². The van der Waals surface area contributed by atoms with Gasteiger partial charge in [0.2, 0.25) is 0 Å². The molecule has 1 N–H and O–H groups in total. The molecule has 0 aliphatic heterocycles. The van der Waals surface area contributed by atoms with Crippen LogP contribution < -0.4 is 0 Å². The fourth-order valence-corrected chi connectivity index (χ4v) is 2.30. The Morgan fingerprint density at radius 2 is 2.27 bits per heavy atom. The molecule has 0 amide bonds. The number of rotatable bonds is 2. The average molecular weight is 221 g/mol. The Morgan fingerprint density at radius 3 is 2.80 bits per heavy atom. The highest BCUT2D eigenvalue weighted by atomic mass is 32.1. The predicted molar refractivity (Wildman–Crippen MR) is 58.5 cm³/mol. The Kier molecular flexibility index (Phi) is 2.75. The smallest absolute Gasteiger partial charge is 0.142 e. The lowest BCUT2D eigenvalue weighted by Crippen LogP contribution is -1.88. The molecule has 0 aliphatic rings. The van der Waals surface area contributed by atoms with Gasteiger partial charge in [-0.3, -0.25) is 0 Å². The van der Waals surface area contributed by atoms with Gasteiger partial charge >= 0.3 is 0 Å². The van der Waals surface area contributed by atoms with Crippen molar-refractivity contribution in [3.05, 3.63) is 29.2 Å². The maximum absolute atomic E-state index is 9.50. The van der Waals surface area contributed by atoms with Crippen LogP contribution >= 0.6 is 11.3 Å². The fraction of sp³-hybridized carbons (Fsp3) is 0.300. The van der Waals surface area contributed by atoms with E-state index in [9.17, 15) is 5.11 Å². The van der Waals surface area contributed by atoms with Crippen molar-refractivity contribution < 1.29 is 5.11 Å². The summed E-state index contributed by atoms with van der Waals surface area (Å²) in [5.41, 5.74) is 1.66. The molecule has 0 aromatic carbocycles. The van der Waals surface area contributed by atoms with Crippen molar-refractivity contribution >= 4 is 11.3 Å². The maximum Gasteiger partial charge on any atom is 0.142 e. The summed E-state index contributed by atoms with van der Waals surface area (Å²) >= 11 is 1.47. The van der Waals surface area contributed by atoms with E-state index in [1.807, 2.05) is 13.0 Å². The molecule has 5 heteroatoms. The van der Waals surface area contributed by atoms with Crippen molar-refractivity contribution in [1.82, 2.24) is 15.0 Å². The molecule has 1 unspecified atom stereocenters. The zero-order valence-electron chi connectivity index (χ0n) is 8.51. The topological polar surface area (TPSA) is 58.9 Å². The van der Waals surface area contributed by atoms with Crippen LogP contribution in [-0.2, 0) is 0 Å². The van der Waals surface area contributed by atoms with Gasteiger partial charge in [0.05, 0.1) is 16.7 Å². The molecule has 2 rings (SSSR count). The number of thiazole rings is 1. The van der Waals surface area contributed by atoms with Crippen LogP contribution in [0.3, 0.4) is 0 Å². The van der Waals surface area contributed by atoms with E-state index in [-0.39, 0.29) is 0 Å². The van der Waals surface area contributed by atoms with Crippen molar-refractivity contribution in [2.45, 2.75) is 20.0 Å². The monoisotopic (exact) mass is 221 g/mol. The molecule has 2 heterocycles. The molecule has 1 atom stereocenters. The van der Waals surface area contributed by atoms with Gasteiger partial charge in [-0.05, 0) is 19.9 Å². The summed E-state index contributed by atoms with van der Waals surface area (Å²) in [5.74, 6) is 0. The number of nitrogens with zero attached hydrogens (tertiary/aromatic N) is 3. The minimum absolute atomic E-state index is 0.474. The molecule has 0 fully saturated rings. The van der Waals surface area contributed by atoms with Crippen LogP contribution in [0.25, 0.3) is 10.7 Å². The number of hydrogen-bond donors (Lipinski definition) is 1. The average Bonchev–Trinajstić information content (AvgIpc) is 2.62. The van der Waals surface area contributed by atoms with Gasteiger partial charge in [-0.15, -0.1) is 11.3 Å². The molecule has 78 valence electrons. The van der Waals surface area contributed by atoms with Crippen LogP contribution in [0.15, 0.2) is 18.6 Å². The molecule has 2 aromatic rings. The lowest BCUT2D eigenvalue weighted by atomic mass is 10.3. The van der Waals surface area contributed by atoms with Gasteiger partial charge in [0, 0.05) is 6.20 Å². The van der Waals surface area contributed by atoms with Gasteiger partial charge in [-0.25, -0.2) is 15.0 Å². The van der Waals surface area contributed by atoms with Crippen molar-refractivity contribution in [1.29, 1.82) is 0 Å². The summed E-state index contributed by atoms with van der Waals surface area (Å²) in [4.78, 5) is 13.2. The summed E-state index contributed by atoms with van der Waals surface area (Å²) in [6.07, 6.45) is 2.70. The number of aromatic nitrogens is 3. The zero-order valence-corrected chi connectivity index (χ0v) is 9.32. The first-order valence-electron chi connectivity index (χ1n) is 4.60. The molecule has 0 saturated heterocycles. The summed E-state index contributed by atoms with van der Waals surface area (Å²) in [6, 6.07) is 1.81. The summed E-state index contributed by atoms with van der Waals surface area (Å²) < 4.78 is 0. The second kappa shape index (κ2) is 4.04. The second-order valence-electron chi connectivity index (χ2n) is 3.24. The molecule has 15 heavy (non-hydrogen) atoms. The normalized spacial score (nSPS) is 12.7. The first kappa shape index (κ1) is 10.2. The molecule has 0 spiro atoms. The van der Waals surface area contributed by atoms with Crippen LogP contribution in [-0.4, -0.2) is 20.1 Å². The number of hydrogen-bond acceptors (Lipinski definition) is 5. The fourth-order valence-electron chi connectivity index (χ4n) is 1.32. The minimum Gasteiger partial charge on any atom is -0.388 e. The molecule has 2 aromatic heterocycles. The predicted octanol–water partition coefficient (Wildman–Crippen LogP) is 1.96. The van der Waals surface area contributed by atoms with Gasteiger partial charge in [0.15, 0.2) is 0 Å². The van der Waals surface area contributed by atoms with Crippen molar-refractivity contribution in [2.75, 3.05) is 0 Å². The molecule has 0 saturated carbocycles. The number of aliphatic hydroxyl groups excluding tert-OH is 1. The van der Waals surface area contributed by atoms with E-state index in [1.54, 1.807) is 13.1 Å². The number of aryl methyl sites for hydroxylation is 1. The SMILES string of the molecule is Cc1nc(-c2ccncn2)sc1C(C)O. The zero-order chi connectivity index (χ0) is 10.8. The summed E-state index contributed by atoms with van der Waals surface area (Å²) in [6.45, 7) is 3.63. The largest absolute Gasteiger partial charge is 0.388 e. The van der Waals surface area contributed by atoms with Crippen molar-refractivity contribution in [3.63, 3.8) is 0 Å². The molecule has 4 nitrogen and oxygen atoms in total. The Hall–Kier alpha value is -1.33. The summed E-state index contributed by atoms with van der Waals surface area (Å²) in [5, 5.41) is 10.3. The van der Waals surface area contributed by atoms with Gasteiger partial charge in [0.1, 0.15) is 17.0 Å². The van der Waals surface area contributed by atoms with Crippen LogP contribution in [0.2, 0.25) is 0 Å². The second-order valence-corrected chi connectivity index (χ2v) is 4.27. The lowest BCUT2D eigenvalue weighted by molar-refractivity contribution is 0.202. The number of aliphatic hydroxyl groups is 1. The minimum atomic E-state index is -0.474. The van der Waals surface area contributed by atoms with Gasteiger partial charge in [-0.1, -0.05) is 0 Å². The highest BCUT2D eigenvalue weighted by molar-refractivity contribution is 7.15. The molecule has 0 bridgehead atoms. The van der Waals surface area contributed by atoms with Crippen LogP contribution in [0.1, 0.15) is 23.6 Å². The van der Waals surface area contributed by atoms with Gasteiger partial charge in [0.25, 0.3) is 0 Å². The van der Waals surface area contributed by atoms with Crippen molar-refractivity contribution in [2.24, 2.45) is 0 Å². The highest BCUT2D eigenvalue weighted by Crippen LogP contribution is 2.30. The molecule has 0 radical (unpaired) electrons. The third kappa shape index (κ3) is 2.03. The van der Waals surface area contributed by atoms with Crippen LogP contribution in [0.4, 0.5) is 0 Å². The Bertz CT molecular complexity index is 453. The standard InChI is InChI=1S/C10H11N3OS/c1-6-9(7(2)14)15-10(13-6)8-3-4-11-5-12-8/h3-5,7,14H,1-2H3. The third-order valence-corrected chi connectivity index (χ3v) is 3.36. The maximum atomic E-state index is 9.50. The third-order valence-electron chi connectivity index (χ3n) is 2.01. The van der Waals surface area contributed by atoms with Crippen LogP contribution in [0, 0.1) is 6.92 Å². The first-order chi connectivity index (χ1) is 7.18. The molecular weight excluding hydrogens is 210 g/mol. The lowest BCUT2D eigenvalue weighted by Gasteiger charge is -1.98. The quantitative estimate of drug-likeness (QED) is 0.842. The van der Waals surface area contributed by atoms with Crippen LogP contribution in [0.5, 0.6) is 0 Å². The summed E-state index contributed by atoms with van der Waals surface area (Å²) in [7, 11) is 0. The van der Waals surface area contributed by atoms with E-state index in [2.05, 4.69) is 15.0 Å². The van der Waals surface area contributed by atoms with E-state index in [0.29, 0.717) is 0 Å².